The number of benzene rings is 1. The van der Waals surface area contributed by atoms with E-state index in [2.05, 4.69) is 24.4 Å². The second kappa shape index (κ2) is 3.32. The van der Waals surface area contributed by atoms with E-state index in [4.69, 9.17) is 11.6 Å². The number of rotatable bonds is 2. The zero-order valence-corrected chi connectivity index (χ0v) is 8.56. The van der Waals surface area contributed by atoms with Gasteiger partial charge in [0.2, 0.25) is 0 Å². The molecule has 1 saturated heterocycles. The molecule has 13 heavy (non-hydrogen) atoms. The predicted octanol–water partition coefficient (Wildman–Crippen LogP) is 2.49. The van der Waals surface area contributed by atoms with Gasteiger partial charge in [-0.1, -0.05) is 30.7 Å². The lowest BCUT2D eigenvalue weighted by molar-refractivity contribution is 0.195. The standard InChI is InChI=1S/C11H14ClN/c1-11(7-13-8-11)6-9-2-4-10(12)5-3-9/h2-5,13H,6-8H2,1H3. The molecule has 1 fully saturated rings. The molecule has 0 unspecified atom stereocenters. The molecule has 0 aliphatic carbocycles. The summed E-state index contributed by atoms with van der Waals surface area (Å²) in [5, 5.41) is 4.13. The number of nitrogens with one attached hydrogen (secondary N) is 1. The van der Waals surface area contributed by atoms with Gasteiger partial charge in [0.15, 0.2) is 0 Å². The molecule has 1 aromatic rings. The van der Waals surface area contributed by atoms with Gasteiger partial charge in [0, 0.05) is 18.1 Å². The minimum Gasteiger partial charge on any atom is -0.316 e. The molecular formula is C11H14ClN. The summed E-state index contributed by atoms with van der Waals surface area (Å²) in [6.45, 7) is 4.59. The van der Waals surface area contributed by atoms with Crippen molar-refractivity contribution in [3.05, 3.63) is 34.9 Å². The molecule has 0 amide bonds. The summed E-state index contributed by atoms with van der Waals surface area (Å²) in [7, 11) is 0. The largest absolute Gasteiger partial charge is 0.316 e. The van der Waals surface area contributed by atoms with Gasteiger partial charge in [0.05, 0.1) is 0 Å². The summed E-state index contributed by atoms with van der Waals surface area (Å²) in [5.41, 5.74) is 1.85. The van der Waals surface area contributed by atoms with Crippen molar-refractivity contribution in [1.29, 1.82) is 0 Å². The van der Waals surface area contributed by atoms with Crippen LogP contribution >= 0.6 is 11.6 Å². The van der Waals surface area contributed by atoms with Gasteiger partial charge in [-0.25, -0.2) is 0 Å². The highest BCUT2D eigenvalue weighted by molar-refractivity contribution is 6.30. The summed E-state index contributed by atoms with van der Waals surface area (Å²) >= 11 is 5.82. The van der Waals surface area contributed by atoms with Crippen molar-refractivity contribution in [1.82, 2.24) is 5.32 Å². The van der Waals surface area contributed by atoms with Gasteiger partial charge >= 0.3 is 0 Å². The molecule has 1 aromatic carbocycles. The van der Waals surface area contributed by atoms with Gasteiger partial charge in [0.25, 0.3) is 0 Å². The van der Waals surface area contributed by atoms with Crippen molar-refractivity contribution in [3.8, 4) is 0 Å². The van der Waals surface area contributed by atoms with Crippen LogP contribution in [0.15, 0.2) is 24.3 Å². The molecule has 1 aliphatic rings. The first-order chi connectivity index (χ1) is 6.18. The number of hydrogen-bond acceptors (Lipinski definition) is 1. The highest BCUT2D eigenvalue weighted by atomic mass is 35.5. The van der Waals surface area contributed by atoms with E-state index in [0.717, 1.165) is 24.5 Å². The predicted molar refractivity (Wildman–Crippen MR) is 56.1 cm³/mol. The van der Waals surface area contributed by atoms with Gasteiger partial charge < -0.3 is 5.32 Å². The maximum Gasteiger partial charge on any atom is 0.0406 e. The average Bonchev–Trinajstić information content (AvgIpc) is 2.06. The van der Waals surface area contributed by atoms with Crippen LogP contribution in [0.1, 0.15) is 12.5 Å². The van der Waals surface area contributed by atoms with Gasteiger partial charge in [-0.2, -0.15) is 0 Å². The zero-order chi connectivity index (χ0) is 9.31. The van der Waals surface area contributed by atoms with E-state index in [-0.39, 0.29) is 0 Å². The maximum atomic E-state index is 5.82. The van der Waals surface area contributed by atoms with Crippen LogP contribution < -0.4 is 5.32 Å². The molecule has 2 heteroatoms. The number of halogens is 1. The van der Waals surface area contributed by atoms with Crippen molar-refractivity contribution >= 4 is 11.6 Å². The van der Waals surface area contributed by atoms with Gasteiger partial charge in [-0.15, -0.1) is 0 Å². The van der Waals surface area contributed by atoms with Crippen LogP contribution in [0.3, 0.4) is 0 Å². The Morgan fingerprint density at radius 1 is 1.31 bits per heavy atom. The van der Waals surface area contributed by atoms with Crippen molar-refractivity contribution < 1.29 is 0 Å². The molecule has 1 aliphatic heterocycles. The Bertz CT molecular complexity index is 287. The molecule has 1 nitrogen and oxygen atoms in total. The van der Waals surface area contributed by atoms with Gasteiger partial charge in [0.1, 0.15) is 0 Å². The molecule has 0 spiro atoms. The molecule has 0 atom stereocenters. The van der Waals surface area contributed by atoms with Crippen LogP contribution in [-0.2, 0) is 6.42 Å². The molecular weight excluding hydrogens is 182 g/mol. The fourth-order valence-electron chi connectivity index (χ4n) is 1.77. The van der Waals surface area contributed by atoms with Crippen LogP contribution in [0.2, 0.25) is 5.02 Å². The summed E-state index contributed by atoms with van der Waals surface area (Å²) in [5.74, 6) is 0. The van der Waals surface area contributed by atoms with E-state index in [0.29, 0.717) is 5.41 Å². The first kappa shape index (κ1) is 9.04. The lowest BCUT2D eigenvalue weighted by atomic mass is 9.78. The Balaban J connectivity index is 2.05. The molecule has 1 N–H and O–H groups in total. The van der Waals surface area contributed by atoms with Crippen LogP contribution in [0.5, 0.6) is 0 Å². The quantitative estimate of drug-likeness (QED) is 0.765. The second-order valence-corrected chi connectivity index (χ2v) is 4.65. The maximum absolute atomic E-state index is 5.82. The average molecular weight is 196 g/mol. The van der Waals surface area contributed by atoms with Crippen LogP contribution in [0.25, 0.3) is 0 Å². The van der Waals surface area contributed by atoms with Crippen molar-refractivity contribution in [2.75, 3.05) is 13.1 Å². The van der Waals surface area contributed by atoms with Crippen LogP contribution in [-0.4, -0.2) is 13.1 Å². The lowest BCUT2D eigenvalue weighted by Crippen LogP contribution is -2.52. The van der Waals surface area contributed by atoms with Crippen LogP contribution in [0.4, 0.5) is 0 Å². The van der Waals surface area contributed by atoms with E-state index >= 15 is 0 Å². The summed E-state index contributed by atoms with van der Waals surface area (Å²) in [6.07, 6.45) is 1.15. The number of hydrogen-bond donors (Lipinski definition) is 1. The zero-order valence-electron chi connectivity index (χ0n) is 7.81. The molecule has 0 saturated carbocycles. The Hall–Kier alpha value is -0.530. The fraction of sp³-hybridized carbons (Fsp3) is 0.455. The van der Waals surface area contributed by atoms with Gasteiger partial charge in [-0.05, 0) is 29.5 Å². The third kappa shape index (κ3) is 2.04. The molecule has 0 aromatic heterocycles. The highest BCUT2D eigenvalue weighted by Crippen LogP contribution is 2.26. The van der Waals surface area contributed by atoms with Crippen molar-refractivity contribution in [3.63, 3.8) is 0 Å². The van der Waals surface area contributed by atoms with E-state index in [1.807, 2.05) is 12.1 Å². The van der Waals surface area contributed by atoms with Crippen molar-refractivity contribution in [2.45, 2.75) is 13.3 Å². The Morgan fingerprint density at radius 3 is 2.38 bits per heavy atom. The monoisotopic (exact) mass is 195 g/mol. The minimum absolute atomic E-state index is 0.466. The SMILES string of the molecule is CC1(Cc2ccc(Cl)cc2)CNC1. The molecule has 0 bridgehead atoms. The second-order valence-electron chi connectivity index (χ2n) is 4.22. The van der Waals surface area contributed by atoms with E-state index in [9.17, 15) is 0 Å². The van der Waals surface area contributed by atoms with Gasteiger partial charge in [-0.3, -0.25) is 0 Å². The fourth-order valence-corrected chi connectivity index (χ4v) is 1.90. The van der Waals surface area contributed by atoms with E-state index < -0.39 is 0 Å². The third-order valence-electron chi connectivity index (χ3n) is 2.65. The molecule has 1 heterocycles. The minimum atomic E-state index is 0.466. The first-order valence-corrected chi connectivity index (χ1v) is 5.01. The molecule has 0 radical (unpaired) electrons. The molecule has 70 valence electrons. The van der Waals surface area contributed by atoms with Crippen LogP contribution in [0, 0.1) is 5.41 Å². The summed E-state index contributed by atoms with van der Waals surface area (Å²) in [6, 6.07) is 8.16. The summed E-state index contributed by atoms with van der Waals surface area (Å²) < 4.78 is 0. The highest BCUT2D eigenvalue weighted by Gasteiger charge is 2.31. The summed E-state index contributed by atoms with van der Waals surface area (Å²) in [4.78, 5) is 0. The Labute approximate surface area is 84.1 Å². The third-order valence-corrected chi connectivity index (χ3v) is 2.90. The topological polar surface area (TPSA) is 12.0 Å². The normalized spacial score (nSPS) is 19.5. The Morgan fingerprint density at radius 2 is 1.92 bits per heavy atom. The molecule has 2 rings (SSSR count). The van der Waals surface area contributed by atoms with E-state index in [1.54, 1.807) is 0 Å². The Kier molecular flexibility index (Phi) is 2.31. The smallest absolute Gasteiger partial charge is 0.0406 e. The van der Waals surface area contributed by atoms with Crippen molar-refractivity contribution in [2.24, 2.45) is 5.41 Å². The van der Waals surface area contributed by atoms with E-state index in [1.165, 1.54) is 5.56 Å². The lowest BCUT2D eigenvalue weighted by Gasteiger charge is -2.39. The first-order valence-electron chi connectivity index (χ1n) is 4.63.